The number of amides is 2. The van der Waals surface area contributed by atoms with Gasteiger partial charge in [-0.3, -0.25) is 9.59 Å². The third kappa shape index (κ3) is 4.95. The molecule has 2 aromatic carbocycles. The summed E-state index contributed by atoms with van der Waals surface area (Å²) in [6, 6.07) is 17.2. The van der Waals surface area contributed by atoms with Crippen molar-refractivity contribution < 1.29 is 14.3 Å². The molecule has 5 heteroatoms. The Balaban J connectivity index is 1.59. The summed E-state index contributed by atoms with van der Waals surface area (Å²) in [5.74, 6) is -0.0697. The first-order chi connectivity index (χ1) is 13.2. The van der Waals surface area contributed by atoms with Crippen molar-refractivity contribution in [3.63, 3.8) is 0 Å². The zero-order chi connectivity index (χ0) is 19.1. The minimum Gasteiger partial charge on any atom is -0.380 e. The van der Waals surface area contributed by atoms with E-state index in [1.165, 1.54) is 0 Å². The second kappa shape index (κ2) is 9.33. The molecule has 1 aliphatic rings. The molecule has 1 N–H and O–H groups in total. The second-order valence-corrected chi connectivity index (χ2v) is 6.83. The van der Waals surface area contributed by atoms with Crippen molar-refractivity contribution in [2.75, 3.05) is 13.7 Å². The predicted molar refractivity (Wildman–Crippen MR) is 104 cm³/mol. The highest BCUT2D eigenvalue weighted by Gasteiger charge is 2.33. The molecule has 0 saturated carbocycles. The maximum absolute atomic E-state index is 12.7. The molecule has 2 aromatic rings. The van der Waals surface area contributed by atoms with Gasteiger partial charge in [0, 0.05) is 20.2 Å². The number of ether oxygens (including phenoxy) is 1. The van der Waals surface area contributed by atoms with Crippen molar-refractivity contribution in [1.82, 2.24) is 10.2 Å². The molecule has 1 heterocycles. The topological polar surface area (TPSA) is 58.6 Å². The zero-order valence-corrected chi connectivity index (χ0v) is 15.7. The summed E-state index contributed by atoms with van der Waals surface area (Å²) in [7, 11) is 1.66. The van der Waals surface area contributed by atoms with Gasteiger partial charge in [0.2, 0.25) is 11.8 Å². The summed E-state index contributed by atoms with van der Waals surface area (Å²) < 4.78 is 5.21. The van der Waals surface area contributed by atoms with Gasteiger partial charge in [-0.25, -0.2) is 0 Å². The van der Waals surface area contributed by atoms with Gasteiger partial charge in [0.05, 0.1) is 13.0 Å². The number of methoxy groups -OCH3 is 1. The number of rotatable bonds is 7. The summed E-state index contributed by atoms with van der Waals surface area (Å²) >= 11 is 0. The first-order valence-electron chi connectivity index (χ1n) is 9.36. The highest BCUT2D eigenvalue weighted by molar-refractivity contribution is 5.89. The fourth-order valence-corrected chi connectivity index (χ4v) is 3.54. The van der Waals surface area contributed by atoms with Crippen LogP contribution in [-0.2, 0) is 33.9 Å². The summed E-state index contributed by atoms with van der Waals surface area (Å²) in [5, 5.41) is 3.00. The molecule has 0 spiro atoms. The van der Waals surface area contributed by atoms with Crippen LogP contribution in [0.1, 0.15) is 29.5 Å². The van der Waals surface area contributed by atoms with Gasteiger partial charge < -0.3 is 15.0 Å². The smallest absolute Gasteiger partial charge is 0.243 e. The van der Waals surface area contributed by atoms with E-state index < -0.39 is 0 Å². The van der Waals surface area contributed by atoms with Crippen molar-refractivity contribution in [2.45, 2.75) is 38.5 Å². The molecule has 1 fully saturated rings. The van der Waals surface area contributed by atoms with Crippen molar-refractivity contribution in [1.29, 1.82) is 0 Å². The fraction of sp³-hybridized carbons (Fsp3) is 0.364. The van der Waals surface area contributed by atoms with E-state index in [-0.39, 0.29) is 17.9 Å². The number of carbonyl (C=O) groups is 2. The minimum atomic E-state index is -0.379. The maximum Gasteiger partial charge on any atom is 0.243 e. The molecule has 0 radical (unpaired) electrons. The van der Waals surface area contributed by atoms with Crippen LogP contribution in [0.2, 0.25) is 0 Å². The molecule has 0 bridgehead atoms. The average Bonchev–Trinajstić information content (AvgIpc) is 3.18. The SMILES string of the molecule is COCc1ccccc1CNC(=O)C1CCCN1C(=O)Cc1ccccc1. The van der Waals surface area contributed by atoms with Crippen molar-refractivity contribution in [3.8, 4) is 0 Å². The molecular formula is C22H26N2O3. The first-order valence-corrected chi connectivity index (χ1v) is 9.36. The monoisotopic (exact) mass is 366 g/mol. The van der Waals surface area contributed by atoms with E-state index in [1.54, 1.807) is 12.0 Å². The third-order valence-electron chi connectivity index (χ3n) is 4.95. The Morgan fingerprint density at radius 3 is 2.52 bits per heavy atom. The Bertz CT molecular complexity index is 776. The van der Waals surface area contributed by atoms with E-state index in [0.29, 0.717) is 32.5 Å². The first kappa shape index (κ1) is 19.1. The van der Waals surface area contributed by atoms with Crippen LogP contribution in [-0.4, -0.2) is 36.4 Å². The molecule has 5 nitrogen and oxygen atoms in total. The summed E-state index contributed by atoms with van der Waals surface area (Å²) in [6.07, 6.45) is 1.91. The minimum absolute atomic E-state index is 0.0126. The Labute approximate surface area is 160 Å². The van der Waals surface area contributed by atoms with Gasteiger partial charge in [-0.05, 0) is 29.5 Å². The van der Waals surface area contributed by atoms with Gasteiger partial charge >= 0.3 is 0 Å². The number of carbonyl (C=O) groups excluding carboxylic acids is 2. The van der Waals surface area contributed by atoms with E-state index in [9.17, 15) is 9.59 Å². The molecule has 0 aromatic heterocycles. The molecule has 1 aliphatic heterocycles. The normalized spacial score (nSPS) is 16.3. The average molecular weight is 366 g/mol. The zero-order valence-electron chi connectivity index (χ0n) is 15.7. The molecule has 3 rings (SSSR count). The molecule has 142 valence electrons. The van der Waals surface area contributed by atoms with Crippen LogP contribution in [0.25, 0.3) is 0 Å². The molecular weight excluding hydrogens is 340 g/mol. The quantitative estimate of drug-likeness (QED) is 0.820. The van der Waals surface area contributed by atoms with Crippen LogP contribution in [0.15, 0.2) is 54.6 Å². The van der Waals surface area contributed by atoms with Gasteiger partial charge in [-0.15, -0.1) is 0 Å². The Morgan fingerprint density at radius 1 is 1.07 bits per heavy atom. The summed E-state index contributed by atoms with van der Waals surface area (Å²) in [4.78, 5) is 27.1. The molecule has 2 amide bonds. The lowest BCUT2D eigenvalue weighted by Gasteiger charge is -2.24. The largest absolute Gasteiger partial charge is 0.380 e. The van der Waals surface area contributed by atoms with Gasteiger partial charge in [0.25, 0.3) is 0 Å². The second-order valence-electron chi connectivity index (χ2n) is 6.83. The number of nitrogens with zero attached hydrogens (tertiary/aromatic N) is 1. The predicted octanol–water partition coefficient (Wildman–Crippen LogP) is 2.68. The van der Waals surface area contributed by atoms with Crippen molar-refractivity contribution in [3.05, 3.63) is 71.3 Å². The number of hydrogen-bond donors (Lipinski definition) is 1. The lowest BCUT2D eigenvalue weighted by molar-refractivity contribution is -0.138. The van der Waals surface area contributed by atoms with Crippen LogP contribution >= 0.6 is 0 Å². The lowest BCUT2D eigenvalue weighted by atomic mass is 10.1. The van der Waals surface area contributed by atoms with E-state index in [0.717, 1.165) is 23.1 Å². The molecule has 1 atom stereocenters. The van der Waals surface area contributed by atoms with Crippen LogP contribution < -0.4 is 5.32 Å². The van der Waals surface area contributed by atoms with Crippen LogP contribution in [0.3, 0.4) is 0 Å². The van der Waals surface area contributed by atoms with E-state index in [4.69, 9.17) is 4.74 Å². The number of hydrogen-bond acceptors (Lipinski definition) is 3. The summed E-state index contributed by atoms with van der Waals surface area (Å²) in [6.45, 7) is 1.59. The fourth-order valence-electron chi connectivity index (χ4n) is 3.54. The molecule has 0 aliphatic carbocycles. The van der Waals surface area contributed by atoms with Crippen molar-refractivity contribution in [2.24, 2.45) is 0 Å². The van der Waals surface area contributed by atoms with Crippen LogP contribution in [0.5, 0.6) is 0 Å². The summed E-state index contributed by atoms with van der Waals surface area (Å²) in [5.41, 5.74) is 3.07. The van der Waals surface area contributed by atoms with Gasteiger partial charge in [0.1, 0.15) is 6.04 Å². The maximum atomic E-state index is 12.7. The van der Waals surface area contributed by atoms with E-state index >= 15 is 0 Å². The Kier molecular flexibility index (Phi) is 6.60. The highest BCUT2D eigenvalue weighted by atomic mass is 16.5. The Hall–Kier alpha value is -2.66. The van der Waals surface area contributed by atoms with Gasteiger partial charge in [-0.2, -0.15) is 0 Å². The van der Waals surface area contributed by atoms with Gasteiger partial charge in [-0.1, -0.05) is 54.6 Å². The lowest BCUT2D eigenvalue weighted by Crippen LogP contribution is -2.46. The number of nitrogens with one attached hydrogen (secondary N) is 1. The molecule has 27 heavy (non-hydrogen) atoms. The Morgan fingerprint density at radius 2 is 1.78 bits per heavy atom. The number of benzene rings is 2. The number of likely N-dealkylation sites (tertiary alicyclic amines) is 1. The molecule has 1 saturated heterocycles. The highest BCUT2D eigenvalue weighted by Crippen LogP contribution is 2.19. The van der Waals surface area contributed by atoms with E-state index in [2.05, 4.69) is 5.32 Å². The molecule has 1 unspecified atom stereocenters. The van der Waals surface area contributed by atoms with E-state index in [1.807, 2.05) is 54.6 Å². The van der Waals surface area contributed by atoms with Crippen LogP contribution in [0, 0.1) is 0 Å². The third-order valence-corrected chi connectivity index (χ3v) is 4.95. The standard InChI is InChI=1S/C22H26N2O3/c1-27-16-19-11-6-5-10-18(19)15-23-22(26)20-12-7-13-24(20)21(25)14-17-8-3-2-4-9-17/h2-6,8-11,20H,7,12-16H2,1H3,(H,23,26). The van der Waals surface area contributed by atoms with Gasteiger partial charge in [0.15, 0.2) is 0 Å². The van der Waals surface area contributed by atoms with Crippen molar-refractivity contribution >= 4 is 11.8 Å². The van der Waals surface area contributed by atoms with Crippen LogP contribution in [0.4, 0.5) is 0 Å².